The van der Waals surface area contributed by atoms with Crippen molar-refractivity contribution in [2.45, 2.75) is 44.7 Å². The van der Waals surface area contributed by atoms with Crippen LogP contribution >= 0.6 is 23.1 Å². The third-order valence-corrected chi connectivity index (χ3v) is 8.65. The molecule has 6 nitrogen and oxygen atoms in total. The van der Waals surface area contributed by atoms with E-state index < -0.39 is 0 Å². The molecule has 0 fully saturated rings. The maximum absolute atomic E-state index is 14.1. The Labute approximate surface area is 218 Å². The first-order chi connectivity index (χ1) is 17.5. The molecule has 0 bridgehead atoms. The standard InChI is InChI=1S/C28H29N3O3S2/c1-4-30(19-10-6-5-7-11-19)24(32)17-35-28-29-26-25(20-12-8-9-13-23(20)36-26)27(33)31(28)21-16-18(2)14-15-22(21)34-3/h5-7,10-11,14-16H,4,8-9,12-13,17H2,1-3H3. The number of fused-ring (bicyclic) bond motifs is 3. The molecule has 0 N–H and O–H groups in total. The van der Waals surface area contributed by atoms with Crippen molar-refractivity contribution < 1.29 is 9.53 Å². The van der Waals surface area contributed by atoms with Gasteiger partial charge in [-0.05, 0) is 74.9 Å². The van der Waals surface area contributed by atoms with Crippen molar-refractivity contribution in [2.24, 2.45) is 0 Å². The second kappa shape index (κ2) is 10.5. The first kappa shape index (κ1) is 24.6. The second-order valence-corrected chi connectivity index (χ2v) is 10.9. The molecule has 4 aromatic rings. The molecule has 2 aromatic carbocycles. The van der Waals surface area contributed by atoms with Gasteiger partial charge in [0.25, 0.3) is 5.56 Å². The minimum atomic E-state index is -0.0892. The number of anilines is 1. The summed E-state index contributed by atoms with van der Waals surface area (Å²) in [5.41, 5.74) is 3.58. The summed E-state index contributed by atoms with van der Waals surface area (Å²) in [6, 6.07) is 15.4. The van der Waals surface area contributed by atoms with Crippen molar-refractivity contribution >= 4 is 44.9 Å². The molecule has 0 spiro atoms. The molecule has 186 valence electrons. The van der Waals surface area contributed by atoms with Crippen LogP contribution in [0.5, 0.6) is 5.75 Å². The zero-order valence-electron chi connectivity index (χ0n) is 20.7. The smallest absolute Gasteiger partial charge is 0.267 e. The van der Waals surface area contributed by atoms with E-state index in [9.17, 15) is 9.59 Å². The molecule has 8 heteroatoms. The highest BCUT2D eigenvalue weighted by atomic mass is 32.2. The van der Waals surface area contributed by atoms with Crippen LogP contribution in [0, 0.1) is 6.92 Å². The number of carbonyl (C=O) groups is 1. The van der Waals surface area contributed by atoms with Gasteiger partial charge in [-0.3, -0.25) is 14.2 Å². The fourth-order valence-electron chi connectivity index (χ4n) is 4.79. The van der Waals surface area contributed by atoms with Crippen LogP contribution in [0.4, 0.5) is 5.69 Å². The van der Waals surface area contributed by atoms with Crippen LogP contribution in [-0.4, -0.2) is 34.9 Å². The van der Waals surface area contributed by atoms with Crippen LogP contribution in [-0.2, 0) is 17.6 Å². The number of aryl methyl sites for hydroxylation is 3. The van der Waals surface area contributed by atoms with E-state index in [1.807, 2.05) is 62.4 Å². The van der Waals surface area contributed by atoms with E-state index in [0.717, 1.165) is 47.3 Å². The Morgan fingerprint density at radius 1 is 1.17 bits per heavy atom. The third-order valence-electron chi connectivity index (χ3n) is 6.54. The predicted molar refractivity (Wildman–Crippen MR) is 148 cm³/mol. The number of benzene rings is 2. The lowest BCUT2D eigenvalue weighted by Gasteiger charge is -2.21. The van der Waals surface area contributed by atoms with Gasteiger partial charge in [0.2, 0.25) is 5.91 Å². The van der Waals surface area contributed by atoms with Crippen LogP contribution in [0.15, 0.2) is 58.5 Å². The Bertz CT molecular complexity index is 1480. The summed E-state index contributed by atoms with van der Waals surface area (Å²) in [6.45, 7) is 4.51. The number of ether oxygens (including phenoxy) is 1. The number of methoxy groups -OCH3 is 1. The van der Waals surface area contributed by atoms with Crippen LogP contribution in [0.25, 0.3) is 15.9 Å². The number of amides is 1. The molecule has 0 aliphatic heterocycles. The molecule has 5 rings (SSSR count). The Kier molecular flexibility index (Phi) is 7.16. The summed E-state index contributed by atoms with van der Waals surface area (Å²) in [5.74, 6) is 0.733. The molecule has 1 amide bonds. The number of aromatic nitrogens is 2. The second-order valence-electron chi connectivity index (χ2n) is 8.86. The van der Waals surface area contributed by atoms with Gasteiger partial charge in [0.05, 0.1) is 23.9 Å². The summed E-state index contributed by atoms with van der Waals surface area (Å²) >= 11 is 2.92. The Balaban J connectivity index is 1.61. The van der Waals surface area contributed by atoms with Crippen molar-refractivity contribution in [3.05, 3.63) is 74.9 Å². The molecule has 0 radical (unpaired) electrons. The molecular formula is C28H29N3O3S2. The predicted octanol–water partition coefficient (Wildman–Crippen LogP) is 5.79. The van der Waals surface area contributed by atoms with Crippen LogP contribution < -0.4 is 15.2 Å². The van der Waals surface area contributed by atoms with Gasteiger partial charge in [-0.2, -0.15) is 0 Å². The fourth-order valence-corrected chi connectivity index (χ4v) is 6.97. The summed E-state index contributed by atoms with van der Waals surface area (Å²) < 4.78 is 7.29. The molecule has 0 atom stereocenters. The highest BCUT2D eigenvalue weighted by molar-refractivity contribution is 7.99. The lowest BCUT2D eigenvalue weighted by atomic mass is 9.97. The van der Waals surface area contributed by atoms with E-state index in [2.05, 4.69) is 0 Å². The van der Waals surface area contributed by atoms with Crippen LogP contribution in [0.3, 0.4) is 0 Å². The lowest BCUT2D eigenvalue weighted by Crippen LogP contribution is -2.32. The molecule has 0 saturated heterocycles. The van der Waals surface area contributed by atoms with E-state index in [0.29, 0.717) is 28.5 Å². The zero-order valence-corrected chi connectivity index (χ0v) is 22.4. The molecule has 0 saturated carbocycles. The Morgan fingerprint density at radius 3 is 2.69 bits per heavy atom. The number of thioether (sulfide) groups is 1. The van der Waals surface area contributed by atoms with Gasteiger partial charge >= 0.3 is 0 Å². The molecule has 1 aliphatic rings. The van der Waals surface area contributed by atoms with Crippen LogP contribution in [0.1, 0.15) is 35.8 Å². The van der Waals surface area contributed by atoms with Crippen molar-refractivity contribution in [3.8, 4) is 11.4 Å². The number of rotatable bonds is 7. The van der Waals surface area contributed by atoms with Crippen LogP contribution in [0.2, 0.25) is 0 Å². The number of hydrogen-bond acceptors (Lipinski definition) is 6. The van der Waals surface area contributed by atoms with Crippen molar-refractivity contribution in [1.29, 1.82) is 0 Å². The summed E-state index contributed by atoms with van der Waals surface area (Å²) in [4.78, 5) is 36.1. The van der Waals surface area contributed by atoms with Gasteiger partial charge < -0.3 is 9.64 Å². The molecule has 2 heterocycles. The lowest BCUT2D eigenvalue weighted by molar-refractivity contribution is -0.116. The van der Waals surface area contributed by atoms with Gasteiger partial charge in [-0.25, -0.2) is 4.98 Å². The summed E-state index contributed by atoms with van der Waals surface area (Å²) in [7, 11) is 1.60. The maximum Gasteiger partial charge on any atom is 0.267 e. The number of carbonyl (C=O) groups excluding carboxylic acids is 1. The van der Waals surface area contributed by atoms with E-state index in [-0.39, 0.29) is 17.2 Å². The van der Waals surface area contributed by atoms with E-state index in [1.54, 1.807) is 27.9 Å². The monoisotopic (exact) mass is 519 g/mol. The molecule has 0 unspecified atom stereocenters. The Morgan fingerprint density at radius 2 is 1.94 bits per heavy atom. The average Bonchev–Trinajstić information content (AvgIpc) is 3.27. The van der Waals surface area contributed by atoms with E-state index in [1.165, 1.54) is 16.6 Å². The highest BCUT2D eigenvalue weighted by Gasteiger charge is 2.25. The maximum atomic E-state index is 14.1. The minimum absolute atomic E-state index is 0.0312. The SMILES string of the molecule is CCN(C(=O)CSc1nc2sc3c(c2c(=O)n1-c1cc(C)ccc1OC)CCCC3)c1ccccc1. The number of hydrogen-bond donors (Lipinski definition) is 0. The van der Waals surface area contributed by atoms with Gasteiger partial charge in [0.15, 0.2) is 5.16 Å². The normalized spacial score (nSPS) is 13.0. The Hall–Kier alpha value is -3.10. The van der Waals surface area contributed by atoms with E-state index >= 15 is 0 Å². The average molecular weight is 520 g/mol. The highest BCUT2D eigenvalue weighted by Crippen LogP contribution is 2.36. The van der Waals surface area contributed by atoms with Crippen molar-refractivity contribution in [3.63, 3.8) is 0 Å². The quantitative estimate of drug-likeness (QED) is 0.228. The first-order valence-electron chi connectivity index (χ1n) is 12.2. The van der Waals surface area contributed by atoms with E-state index in [4.69, 9.17) is 9.72 Å². The van der Waals surface area contributed by atoms with Gasteiger partial charge in [-0.15, -0.1) is 11.3 Å². The molecule has 2 aromatic heterocycles. The largest absolute Gasteiger partial charge is 0.495 e. The van der Waals surface area contributed by atoms with Gasteiger partial charge in [-0.1, -0.05) is 36.0 Å². The summed E-state index contributed by atoms with van der Waals surface area (Å²) in [6.07, 6.45) is 4.13. The number of para-hydroxylation sites is 1. The molecular weight excluding hydrogens is 490 g/mol. The summed E-state index contributed by atoms with van der Waals surface area (Å²) in [5, 5.41) is 1.22. The number of nitrogens with zero attached hydrogens (tertiary/aromatic N) is 3. The first-order valence-corrected chi connectivity index (χ1v) is 14.0. The third kappa shape index (κ3) is 4.55. The molecule has 36 heavy (non-hydrogen) atoms. The zero-order chi connectivity index (χ0) is 25.2. The topological polar surface area (TPSA) is 64.4 Å². The molecule has 1 aliphatic carbocycles. The van der Waals surface area contributed by atoms with Gasteiger partial charge in [0, 0.05) is 17.1 Å². The van der Waals surface area contributed by atoms with Crippen molar-refractivity contribution in [1.82, 2.24) is 9.55 Å². The number of thiophene rings is 1. The van der Waals surface area contributed by atoms with Gasteiger partial charge in [0.1, 0.15) is 10.6 Å². The van der Waals surface area contributed by atoms with Crippen molar-refractivity contribution in [2.75, 3.05) is 24.3 Å². The minimum Gasteiger partial charge on any atom is -0.495 e. The fraction of sp³-hybridized carbons (Fsp3) is 0.321.